The molecule has 128 valence electrons. The second-order valence-corrected chi connectivity index (χ2v) is 6.02. The molecule has 1 aromatic heterocycles. The lowest BCUT2D eigenvalue weighted by Crippen LogP contribution is -2.14. The highest BCUT2D eigenvalue weighted by atomic mass is 16.5. The molecule has 0 spiro atoms. The number of aromatic nitrogens is 1. The summed E-state index contributed by atoms with van der Waals surface area (Å²) in [4.78, 5) is 27.2. The van der Waals surface area contributed by atoms with Gasteiger partial charge in [0.1, 0.15) is 11.4 Å². The molecule has 0 amide bonds. The average molecular weight is 329 g/mol. The third-order valence-electron chi connectivity index (χ3n) is 4.01. The number of carbonyl (C=O) groups excluding carboxylic acids is 2. The van der Waals surface area contributed by atoms with Crippen molar-refractivity contribution >= 4 is 11.8 Å². The summed E-state index contributed by atoms with van der Waals surface area (Å²) in [6.45, 7) is 7.56. The number of hydrogen-bond acceptors (Lipinski definition) is 4. The van der Waals surface area contributed by atoms with Crippen LogP contribution in [0.2, 0.25) is 0 Å². The van der Waals surface area contributed by atoms with Crippen LogP contribution < -0.4 is 4.74 Å². The normalized spacial score (nSPS) is 10.8. The number of aryl methyl sites for hydroxylation is 1. The molecule has 0 unspecified atom stereocenters. The Morgan fingerprint density at radius 3 is 2.46 bits per heavy atom. The first-order chi connectivity index (χ1) is 11.4. The van der Waals surface area contributed by atoms with Gasteiger partial charge in [0.25, 0.3) is 0 Å². The predicted molar refractivity (Wildman–Crippen MR) is 92.0 cm³/mol. The summed E-state index contributed by atoms with van der Waals surface area (Å²) in [6, 6.07) is 7.69. The molecule has 1 aromatic carbocycles. The molecule has 0 bridgehead atoms. The van der Waals surface area contributed by atoms with Crippen LogP contribution in [0.5, 0.6) is 5.75 Å². The van der Waals surface area contributed by atoms with Crippen molar-refractivity contribution in [2.75, 3.05) is 13.7 Å². The summed E-state index contributed by atoms with van der Waals surface area (Å²) in [5, 5.41) is 0. The van der Waals surface area contributed by atoms with Crippen molar-refractivity contribution in [1.82, 2.24) is 4.98 Å². The van der Waals surface area contributed by atoms with E-state index in [4.69, 9.17) is 9.47 Å². The highest BCUT2D eigenvalue weighted by Crippen LogP contribution is 2.26. The van der Waals surface area contributed by atoms with E-state index in [1.165, 1.54) is 7.11 Å². The zero-order valence-corrected chi connectivity index (χ0v) is 14.7. The van der Waals surface area contributed by atoms with E-state index in [1.54, 1.807) is 13.8 Å². The molecule has 1 N–H and O–H groups in total. The number of para-hydroxylation sites is 1. The molecule has 0 saturated carbocycles. The fraction of sp³-hybridized carbons (Fsp3) is 0.368. The Balaban J connectivity index is 2.20. The minimum Gasteiger partial charge on any atom is -0.485 e. The first-order valence-corrected chi connectivity index (χ1v) is 7.89. The minimum atomic E-state index is -0.485. The van der Waals surface area contributed by atoms with Gasteiger partial charge in [-0.15, -0.1) is 0 Å². The van der Waals surface area contributed by atoms with Gasteiger partial charge in [-0.05, 0) is 37.0 Å². The minimum absolute atomic E-state index is 0.0795. The van der Waals surface area contributed by atoms with Crippen LogP contribution in [0.1, 0.15) is 57.4 Å². The monoisotopic (exact) mass is 329 g/mol. The fourth-order valence-corrected chi connectivity index (χ4v) is 2.78. The molecular weight excluding hydrogens is 306 g/mol. The Morgan fingerprint density at radius 2 is 1.83 bits per heavy atom. The van der Waals surface area contributed by atoms with E-state index >= 15 is 0 Å². The molecule has 0 saturated heterocycles. The molecular formula is C19H23NO4. The van der Waals surface area contributed by atoms with E-state index in [2.05, 4.69) is 18.8 Å². The standard InChI is InChI=1S/C19H23NO4/c1-11(2)14-8-6-7-9-16(14)24-10-15(21)17-12(3)18(19(22)23-5)20-13(17)4/h6-9,11,20H,10H2,1-5H3. The van der Waals surface area contributed by atoms with Gasteiger partial charge in [0.2, 0.25) is 5.78 Å². The smallest absolute Gasteiger partial charge is 0.354 e. The van der Waals surface area contributed by atoms with E-state index in [9.17, 15) is 9.59 Å². The summed E-state index contributed by atoms with van der Waals surface area (Å²) in [6.07, 6.45) is 0. The Bertz CT molecular complexity index is 759. The second kappa shape index (κ2) is 7.34. The number of H-pyrrole nitrogens is 1. The lowest BCUT2D eigenvalue weighted by Gasteiger charge is -2.13. The lowest BCUT2D eigenvalue weighted by atomic mass is 10.0. The van der Waals surface area contributed by atoms with Crippen LogP contribution in [0.3, 0.4) is 0 Å². The summed E-state index contributed by atoms with van der Waals surface area (Å²) in [7, 11) is 1.31. The van der Waals surface area contributed by atoms with E-state index in [0.717, 1.165) is 5.56 Å². The first kappa shape index (κ1) is 17.8. The van der Waals surface area contributed by atoms with E-state index < -0.39 is 5.97 Å². The molecule has 1 heterocycles. The van der Waals surface area contributed by atoms with Crippen molar-refractivity contribution in [3.8, 4) is 5.75 Å². The molecule has 0 aliphatic rings. The molecule has 2 aromatic rings. The Morgan fingerprint density at radius 1 is 1.17 bits per heavy atom. The fourth-order valence-electron chi connectivity index (χ4n) is 2.78. The van der Waals surface area contributed by atoms with Crippen LogP contribution >= 0.6 is 0 Å². The predicted octanol–water partition coefficient (Wildman–Crippen LogP) is 3.80. The first-order valence-electron chi connectivity index (χ1n) is 7.89. The number of hydrogen-bond donors (Lipinski definition) is 1. The number of carbonyl (C=O) groups is 2. The van der Waals surface area contributed by atoms with E-state index in [1.807, 2.05) is 24.3 Å². The number of aromatic amines is 1. The van der Waals surface area contributed by atoms with Crippen LogP contribution in [0.15, 0.2) is 24.3 Å². The maximum Gasteiger partial charge on any atom is 0.354 e. The third kappa shape index (κ3) is 3.50. The number of ketones is 1. The molecule has 0 fully saturated rings. The molecule has 0 aliphatic heterocycles. The van der Waals surface area contributed by atoms with Crippen LogP contribution in [-0.2, 0) is 4.74 Å². The van der Waals surface area contributed by atoms with Crippen LogP contribution in [0.25, 0.3) is 0 Å². The molecule has 2 rings (SSSR count). The number of ether oxygens (including phenoxy) is 2. The highest BCUT2D eigenvalue weighted by molar-refractivity contribution is 6.03. The number of esters is 1. The summed E-state index contributed by atoms with van der Waals surface area (Å²) in [5.74, 6) is 0.355. The molecule has 5 heteroatoms. The molecule has 0 aliphatic carbocycles. The summed E-state index contributed by atoms with van der Waals surface area (Å²) in [5.41, 5.74) is 3.07. The number of nitrogens with one attached hydrogen (secondary N) is 1. The molecule has 5 nitrogen and oxygen atoms in total. The van der Waals surface area contributed by atoms with Crippen molar-refractivity contribution in [3.63, 3.8) is 0 Å². The SMILES string of the molecule is COC(=O)c1[nH]c(C)c(C(=O)COc2ccccc2C(C)C)c1C. The lowest BCUT2D eigenvalue weighted by molar-refractivity contribution is 0.0594. The van der Waals surface area contributed by atoms with Gasteiger partial charge in [-0.1, -0.05) is 32.0 Å². The van der Waals surface area contributed by atoms with Crippen LogP contribution in [0.4, 0.5) is 0 Å². The zero-order valence-electron chi connectivity index (χ0n) is 14.7. The molecule has 0 radical (unpaired) electrons. The number of methoxy groups -OCH3 is 1. The van der Waals surface area contributed by atoms with Gasteiger partial charge in [0.15, 0.2) is 6.61 Å². The molecule has 24 heavy (non-hydrogen) atoms. The van der Waals surface area contributed by atoms with Crippen molar-refractivity contribution in [1.29, 1.82) is 0 Å². The molecule has 0 atom stereocenters. The van der Waals surface area contributed by atoms with Crippen LogP contribution in [-0.4, -0.2) is 30.5 Å². The Kier molecular flexibility index (Phi) is 5.44. The van der Waals surface area contributed by atoms with Gasteiger partial charge in [0.05, 0.1) is 7.11 Å². The zero-order chi connectivity index (χ0) is 17.9. The van der Waals surface area contributed by atoms with Crippen molar-refractivity contribution in [2.45, 2.75) is 33.6 Å². The third-order valence-corrected chi connectivity index (χ3v) is 4.01. The van der Waals surface area contributed by atoms with Gasteiger partial charge in [-0.2, -0.15) is 0 Å². The highest BCUT2D eigenvalue weighted by Gasteiger charge is 2.22. The quantitative estimate of drug-likeness (QED) is 0.646. The van der Waals surface area contributed by atoms with Gasteiger partial charge in [-0.3, -0.25) is 4.79 Å². The van der Waals surface area contributed by atoms with E-state index in [-0.39, 0.29) is 12.4 Å². The number of rotatable bonds is 6. The number of Topliss-reactive ketones (excluding diaryl/α,β-unsaturated/α-hetero) is 1. The van der Waals surface area contributed by atoms with E-state index in [0.29, 0.717) is 34.2 Å². The van der Waals surface area contributed by atoms with Crippen LogP contribution in [0, 0.1) is 13.8 Å². The van der Waals surface area contributed by atoms with Crippen molar-refractivity contribution < 1.29 is 19.1 Å². The Hall–Kier alpha value is -2.56. The summed E-state index contributed by atoms with van der Waals surface area (Å²) < 4.78 is 10.5. The average Bonchev–Trinajstić information content (AvgIpc) is 2.86. The topological polar surface area (TPSA) is 68.4 Å². The Labute approximate surface area is 142 Å². The van der Waals surface area contributed by atoms with Crippen molar-refractivity contribution in [3.05, 3.63) is 52.3 Å². The summed E-state index contributed by atoms with van der Waals surface area (Å²) >= 11 is 0. The van der Waals surface area contributed by atoms with Gasteiger partial charge in [0, 0.05) is 11.3 Å². The maximum atomic E-state index is 12.6. The second-order valence-electron chi connectivity index (χ2n) is 6.02. The maximum absolute atomic E-state index is 12.6. The van der Waals surface area contributed by atoms with Crippen molar-refractivity contribution in [2.24, 2.45) is 0 Å². The largest absolute Gasteiger partial charge is 0.485 e. The number of benzene rings is 1. The van der Waals surface area contributed by atoms with Gasteiger partial charge in [-0.25, -0.2) is 4.79 Å². The van der Waals surface area contributed by atoms with Gasteiger partial charge >= 0.3 is 5.97 Å². The van der Waals surface area contributed by atoms with Gasteiger partial charge < -0.3 is 14.5 Å².